The highest BCUT2D eigenvalue weighted by Crippen LogP contribution is 2.60. The van der Waals surface area contributed by atoms with Crippen LogP contribution in [-0.2, 0) is 12.8 Å². The van der Waals surface area contributed by atoms with Gasteiger partial charge in [-0.2, -0.15) is 10.2 Å². The Morgan fingerprint density at radius 1 is 1.17 bits per heavy atom. The van der Waals surface area contributed by atoms with Crippen LogP contribution in [0.15, 0.2) is 5.10 Å². The van der Waals surface area contributed by atoms with E-state index in [0.717, 1.165) is 54.0 Å². The van der Waals surface area contributed by atoms with Crippen molar-refractivity contribution in [3.8, 4) is 0 Å². The van der Waals surface area contributed by atoms with Gasteiger partial charge in [0, 0.05) is 22.4 Å². The molecular formula is C19H26N4O. The van der Waals surface area contributed by atoms with Crippen molar-refractivity contribution in [3.63, 3.8) is 0 Å². The van der Waals surface area contributed by atoms with Crippen molar-refractivity contribution in [3.05, 3.63) is 17.0 Å². The Bertz CT molecular complexity index is 682. The van der Waals surface area contributed by atoms with Crippen LogP contribution in [0.4, 0.5) is 0 Å². The summed E-state index contributed by atoms with van der Waals surface area (Å²) in [5.41, 5.74) is 6.97. The van der Waals surface area contributed by atoms with Crippen LogP contribution < -0.4 is 5.43 Å². The van der Waals surface area contributed by atoms with E-state index in [1.165, 1.54) is 38.5 Å². The van der Waals surface area contributed by atoms with Crippen LogP contribution in [0, 0.1) is 23.2 Å². The van der Waals surface area contributed by atoms with E-state index in [1.807, 2.05) is 0 Å². The first-order chi connectivity index (χ1) is 11.6. The number of hydrazone groups is 1. The molecule has 0 unspecified atom stereocenters. The molecule has 0 aromatic carbocycles. The third kappa shape index (κ3) is 2.16. The summed E-state index contributed by atoms with van der Waals surface area (Å²) in [5.74, 6) is 2.53. The van der Waals surface area contributed by atoms with Gasteiger partial charge in [-0.25, -0.2) is 5.43 Å². The topological polar surface area (TPSA) is 70.1 Å². The molecule has 6 rings (SSSR count). The van der Waals surface area contributed by atoms with Crippen molar-refractivity contribution in [2.45, 2.75) is 64.7 Å². The Morgan fingerprint density at radius 3 is 2.50 bits per heavy atom. The zero-order valence-corrected chi connectivity index (χ0v) is 14.4. The fraction of sp³-hybridized carbons (Fsp3) is 0.737. The zero-order chi connectivity index (χ0) is 16.3. The van der Waals surface area contributed by atoms with E-state index in [0.29, 0.717) is 5.69 Å². The first-order valence-electron chi connectivity index (χ1n) is 9.54. The number of carbonyl (C=O) groups is 1. The first-order valence-corrected chi connectivity index (χ1v) is 9.54. The molecular weight excluding hydrogens is 300 g/mol. The van der Waals surface area contributed by atoms with Gasteiger partial charge in [-0.15, -0.1) is 0 Å². The van der Waals surface area contributed by atoms with Crippen molar-refractivity contribution in [2.75, 3.05) is 0 Å². The number of nitrogens with zero attached hydrogens (tertiary/aromatic N) is 2. The number of aromatic amines is 1. The maximum Gasteiger partial charge on any atom is 0.292 e. The largest absolute Gasteiger partial charge is 0.292 e. The lowest BCUT2D eigenvalue weighted by Gasteiger charge is -2.56. The van der Waals surface area contributed by atoms with Gasteiger partial charge < -0.3 is 0 Å². The second-order valence-electron chi connectivity index (χ2n) is 8.72. The second-order valence-corrected chi connectivity index (χ2v) is 8.72. The minimum atomic E-state index is -0.154. The van der Waals surface area contributed by atoms with Crippen LogP contribution in [0.5, 0.6) is 0 Å². The van der Waals surface area contributed by atoms with Crippen molar-refractivity contribution < 1.29 is 4.79 Å². The molecule has 4 fully saturated rings. The molecule has 0 atom stereocenters. The average Bonchev–Trinajstić information content (AvgIpc) is 3.14. The Morgan fingerprint density at radius 2 is 1.83 bits per heavy atom. The van der Waals surface area contributed by atoms with Crippen molar-refractivity contribution in [2.24, 2.45) is 28.3 Å². The fourth-order valence-corrected chi connectivity index (χ4v) is 6.37. The van der Waals surface area contributed by atoms with E-state index in [4.69, 9.17) is 0 Å². The third-order valence-electron chi connectivity index (χ3n) is 7.15. The number of aromatic nitrogens is 2. The first kappa shape index (κ1) is 14.7. The molecule has 4 saturated carbocycles. The number of H-pyrrole nitrogens is 1. The second kappa shape index (κ2) is 5.17. The van der Waals surface area contributed by atoms with Crippen LogP contribution in [0.2, 0.25) is 0 Å². The van der Waals surface area contributed by atoms with E-state index in [-0.39, 0.29) is 11.3 Å². The van der Waals surface area contributed by atoms with Crippen LogP contribution in [0.1, 0.15) is 73.6 Å². The minimum absolute atomic E-state index is 0.154. The molecule has 4 bridgehead atoms. The van der Waals surface area contributed by atoms with Gasteiger partial charge in [0.15, 0.2) is 5.69 Å². The molecule has 1 aromatic heterocycles. The lowest BCUT2D eigenvalue weighted by atomic mass is 9.48. The van der Waals surface area contributed by atoms with Crippen LogP contribution in [0.3, 0.4) is 0 Å². The molecule has 0 aliphatic heterocycles. The monoisotopic (exact) mass is 326 g/mol. The van der Waals surface area contributed by atoms with Crippen LogP contribution in [-0.4, -0.2) is 21.8 Å². The zero-order valence-electron chi connectivity index (χ0n) is 14.4. The normalized spacial score (nSPS) is 36.9. The van der Waals surface area contributed by atoms with Crippen LogP contribution in [0.25, 0.3) is 0 Å². The Hall–Kier alpha value is -1.65. The average molecular weight is 326 g/mol. The highest BCUT2D eigenvalue weighted by Gasteiger charge is 2.52. The molecule has 24 heavy (non-hydrogen) atoms. The van der Waals surface area contributed by atoms with E-state index < -0.39 is 0 Å². The van der Waals surface area contributed by atoms with Crippen LogP contribution >= 0.6 is 0 Å². The maximum absolute atomic E-state index is 12.5. The number of carbonyl (C=O) groups excluding carboxylic acids is 1. The SMILES string of the molecule is C/C(=N/NC(=O)c1n[nH]c2c1CCC2)C12CC3CC(CC(C3)C1)C2. The van der Waals surface area contributed by atoms with Gasteiger partial charge in [-0.05, 0) is 82.5 Å². The summed E-state index contributed by atoms with van der Waals surface area (Å²) in [6, 6.07) is 0. The van der Waals surface area contributed by atoms with Gasteiger partial charge >= 0.3 is 0 Å². The van der Waals surface area contributed by atoms with Gasteiger partial charge in [0.25, 0.3) is 5.91 Å². The molecule has 5 aliphatic carbocycles. The fourth-order valence-electron chi connectivity index (χ4n) is 6.37. The summed E-state index contributed by atoms with van der Waals surface area (Å²) in [6.45, 7) is 2.13. The number of aryl methyl sites for hydroxylation is 1. The molecule has 0 radical (unpaired) electrons. The number of fused-ring (bicyclic) bond motifs is 1. The Kier molecular flexibility index (Phi) is 3.16. The molecule has 5 aliphatic rings. The third-order valence-corrected chi connectivity index (χ3v) is 7.15. The van der Waals surface area contributed by atoms with E-state index >= 15 is 0 Å². The Balaban J connectivity index is 1.34. The standard InChI is InChI=1S/C19H26N4O/c1-11(19-8-12-5-13(9-19)7-14(6-12)10-19)20-23-18(24)17-15-3-2-4-16(15)21-22-17/h12-14H,2-10H2,1H3,(H,21,22)(H,23,24)/b20-11-. The van der Waals surface area contributed by atoms with Crippen molar-refractivity contribution in [1.82, 2.24) is 15.6 Å². The molecule has 1 heterocycles. The predicted octanol–water partition coefficient (Wildman–Crippen LogP) is 3.22. The van der Waals surface area contributed by atoms with Gasteiger partial charge in [-0.1, -0.05) is 0 Å². The molecule has 1 aromatic rings. The summed E-state index contributed by atoms with van der Waals surface area (Å²) >= 11 is 0. The number of hydrogen-bond acceptors (Lipinski definition) is 3. The van der Waals surface area contributed by atoms with Gasteiger partial charge in [0.05, 0.1) is 0 Å². The number of nitrogens with one attached hydrogen (secondary N) is 2. The molecule has 5 nitrogen and oxygen atoms in total. The van der Waals surface area contributed by atoms with E-state index in [2.05, 4.69) is 27.6 Å². The molecule has 5 heteroatoms. The van der Waals surface area contributed by atoms with E-state index in [1.54, 1.807) is 0 Å². The molecule has 1 amide bonds. The molecule has 128 valence electrons. The van der Waals surface area contributed by atoms with Crippen molar-refractivity contribution >= 4 is 11.6 Å². The quantitative estimate of drug-likeness (QED) is 0.661. The van der Waals surface area contributed by atoms with Gasteiger partial charge in [0.2, 0.25) is 0 Å². The predicted molar refractivity (Wildman–Crippen MR) is 91.8 cm³/mol. The molecule has 2 N–H and O–H groups in total. The minimum Gasteiger partial charge on any atom is -0.281 e. The number of hydrogen-bond donors (Lipinski definition) is 2. The van der Waals surface area contributed by atoms with Gasteiger partial charge in [-0.3, -0.25) is 9.89 Å². The lowest BCUT2D eigenvalue weighted by molar-refractivity contribution is -0.0128. The summed E-state index contributed by atoms with van der Waals surface area (Å²) in [4.78, 5) is 12.5. The summed E-state index contributed by atoms with van der Waals surface area (Å²) in [7, 11) is 0. The maximum atomic E-state index is 12.5. The smallest absolute Gasteiger partial charge is 0.281 e. The summed E-state index contributed by atoms with van der Waals surface area (Å²) in [6.07, 6.45) is 11.2. The van der Waals surface area contributed by atoms with Gasteiger partial charge in [0.1, 0.15) is 0 Å². The highest BCUT2D eigenvalue weighted by molar-refractivity contribution is 5.96. The number of amides is 1. The Labute approximate surface area is 142 Å². The van der Waals surface area contributed by atoms with Crippen molar-refractivity contribution in [1.29, 1.82) is 0 Å². The van der Waals surface area contributed by atoms with E-state index in [9.17, 15) is 4.79 Å². The molecule has 0 saturated heterocycles. The highest BCUT2D eigenvalue weighted by atomic mass is 16.2. The summed E-state index contributed by atoms with van der Waals surface area (Å²) < 4.78 is 0. The lowest BCUT2D eigenvalue weighted by Crippen LogP contribution is -2.49. The summed E-state index contributed by atoms with van der Waals surface area (Å²) in [5, 5.41) is 11.8. The molecule has 0 spiro atoms. The number of rotatable bonds is 3.